The van der Waals surface area contributed by atoms with Gasteiger partial charge in [0.1, 0.15) is 35.0 Å². The summed E-state index contributed by atoms with van der Waals surface area (Å²) >= 11 is 7.96. The Balaban J connectivity index is 1.32. The Morgan fingerprint density at radius 2 is 1.94 bits per heavy atom. The molecule has 0 radical (unpaired) electrons. The zero-order valence-corrected chi connectivity index (χ0v) is 20.5. The van der Waals surface area contributed by atoms with E-state index in [4.69, 9.17) is 21.1 Å². The Hall–Kier alpha value is -2.54. The van der Waals surface area contributed by atoms with Crippen molar-refractivity contribution in [2.75, 3.05) is 19.6 Å². The molecule has 2 aromatic carbocycles. The van der Waals surface area contributed by atoms with E-state index in [9.17, 15) is 0 Å². The van der Waals surface area contributed by atoms with Crippen molar-refractivity contribution in [1.29, 1.82) is 0 Å². The summed E-state index contributed by atoms with van der Waals surface area (Å²) in [5.74, 6) is 1.72. The fourth-order valence-electron chi connectivity index (χ4n) is 4.34. The monoisotopic (exact) mass is 481 g/mol. The van der Waals surface area contributed by atoms with Crippen LogP contribution >= 0.6 is 22.9 Å². The van der Waals surface area contributed by atoms with E-state index in [-0.39, 0.29) is 12.2 Å². The maximum Gasteiger partial charge on any atom is 0.133 e. The van der Waals surface area contributed by atoms with Crippen LogP contribution in [-0.2, 0) is 0 Å². The highest BCUT2D eigenvalue weighted by atomic mass is 35.5. The Bertz CT molecular complexity index is 1230. The summed E-state index contributed by atoms with van der Waals surface area (Å²) in [5.41, 5.74) is 2.96. The molecule has 1 atom stereocenters. The lowest BCUT2D eigenvalue weighted by Crippen LogP contribution is -2.37. The Morgan fingerprint density at radius 3 is 2.73 bits per heavy atom. The zero-order valence-electron chi connectivity index (χ0n) is 18.9. The van der Waals surface area contributed by atoms with Crippen LogP contribution in [0.2, 0.25) is 5.02 Å². The molecule has 0 N–H and O–H groups in total. The Kier molecular flexibility index (Phi) is 6.58. The van der Waals surface area contributed by atoms with Crippen molar-refractivity contribution in [1.82, 2.24) is 14.5 Å². The van der Waals surface area contributed by atoms with Crippen molar-refractivity contribution in [3.63, 3.8) is 0 Å². The lowest BCUT2D eigenvalue weighted by atomic mass is 10.1. The molecule has 33 heavy (non-hydrogen) atoms. The molecule has 0 bridgehead atoms. The van der Waals surface area contributed by atoms with E-state index in [1.807, 2.05) is 61.1 Å². The van der Waals surface area contributed by atoms with E-state index >= 15 is 0 Å². The number of hydrogen-bond acceptors (Lipinski definition) is 5. The van der Waals surface area contributed by atoms with Crippen LogP contribution in [0.4, 0.5) is 0 Å². The van der Waals surface area contributed by atoms with E-state index < -0.39 is 0 Å². The molecule has 1 fully saturated rings. The van der Waals surface area contributed by atoms with Gasteiger partial charge in [0.2, 0.25) is 0 Å². The number of piperidine rings is 1. The van der Waals surface area contributed by atoms with Crippen molar-refractivity contribution in [2.24, 2.45) is 0 Å². The third-order valence-electron chi connectivity index (χ3n) is 6.26. The first-order chi connectivity index (χ1) is 16.1. The summed E-state index contributed by atoms with van der Waals surface area (Å²) in [6.07, 6.45) is 4.14. The summed E-state index contributed by atoms with van der Waals surface area (Å²) in [5, 5.41) is 3.79. The maximum absolute atomic E-state index is 6.33. The van der Waals surface area contributed by atoms with E-state index in [1.54, 1.807) is 11.3 Å². The average molecular weight is 482 g/mol. The smallest absolute Gasteiger partial charge is 0.133 e. The predicted molar refractivity (Wildman–Crippen MR) is 135 cm³/mol. The van der Waals surface area contributed by atoms with Crippen LogP contribution in [0.25, 0.3) is 16.0 Å². The quantitative estimate of drug-likeness (QED) is 0.293. The summed E-state index contributed by atoms with van der Waals surface area (Å²) in [6, 6.07) is 16.0. The lowest BCUT2D eigenvalue weighted by Gasteiger charge is -2.31. The highest BCUT2D eigenvalue weighted by Crippen LogP contribution is 2.33. The molecule has 0 aliphatic carbocycles. The van der Waals surface area contributed by atoms with Gasteiger partial charge in [0.05, 0.1) is 11.0 Å². The van der Waals surface area contributed by atoms with Crippen LogP contribution in [-0.4, -0.2) is 40.2 Å². The molecule has 4 aromatic rings. The van der Waals surface area contributed by atoms with Gasteiger partial charge in [-0.3, -0.25) is 4.57 Å². The van der Waals surface area contributed by atoms with Crippen LogP contribution in [0.5, 0.6) is 11.5 Å². The summed E-state index contributed by atoms with van der Waals surface area (Å²) in [7, 11) is 0. The number of nitrogens with zero attached hydrogens (tertiary/aromatic N) is 3. The van der Waals surface area contributed by atoms with Crippen molar-refractivity contribution >= 4 is 34.0 Å². The Morgan fingerprint density at radius 1 is 1.12 bits per heavy atom. The van der Waals surface area contributed by atoms with Gasteiger partial charge in [0.15, 0.2) is 0 Å². The molecule has 0 saturated carbocycles. The summed E-state index contributed by atoms with van der Waals surface area (Å²) < 4.78 is 14.6. The van der Waals surface area contributed by atoms with Crippen LogP contribution < -0.4 is 9.47 Å². The normalized spacial score (nSPS) is 16.2. The molecular formula is C26H28ClN3O2S. The molecule has 3 heterocycles. The molecule has 0 spiro atoms. The number of thiophene rings is 1. The number of halogens is 1. The summed E-state index contributed by atoms with van der Waals surface area (Å²) in [6.45, 7) is 7.55. The highest BCUT2D eigenvalue weighted by Gasteiger charge is 2.20. The number of ether oxygens (including phenoxy) is 2. The van der Waals surface area contributed by atoms with Gasteiger partial charge in [-0.15, -0.1) is 11.3 Å². The molecule has 1 aliphatic heterocycles. The maximum atomic E-state index is 6.33. The number of aromatic nitrogens is 2. The Labute approximate surface area is 203 Å². The standard InChI is InChI=1S/C26H28ClN3O2S/c1-3-29-12-10-19(11-13-29)32-20-8-9-24-25(14-20)30(17-28-24)26-15-21(16-33-26)31-18(2)22-6-4-5-7-23(22)27/h4-9,14-19H,3,10-13H2,1-2H3/t18-/m1/s1. The SMILES string of the molecule is CCN1CCC(Oc2ccc3ncn(-c4cc(O[C@H](C)c5ccccc5Cl)cs4)c3c2)CC1. The van der Waals surface area contributed by atoms with Crippen molar-refractivity contribution in [3.05, 3.63) is 70.8 Å². The highest BCUT2D eigenvalue weighted by molar-refractivity contribution is 7.12. The zero-order chi connectivity index (χ0) is 22.8. The molecule has 0 unspecified atom stereocenters. The van der Waals surface area contributed by atoms with Crippen molar-refractivity contribution < 1.29 is 9.47 Å². The molecule has 2 aromatic heterocycles. The fraction of sp³-hybridized carbons (Fsp3) is 0.346. The molecule has 0 amide bonds. The van der Waals surface area contributed by atoms with E-state index in [1.165, 1.54) is 0 Å². The largest absolute Gasteiger partial charge is 0.490 e. The van der Waals surface area contributed by atoms with Crippen molar-refractivity contribution in [2.45, 2.75) is 38.9 Å². The van der Waals surface area contributed by atoms with Gasteiger partial charge < -0.3 is 14.4 Å². The first kappa shape index (κ1) is 22.3. The van der Waals surface area contributed by atoms with E-state index in [0.717, 1.165) is 65.6 Å². The minimum absolute atomic E-state index is 0.139. The fourth-order valence-corrected chi connectivity index (χ4v) is 5.43. The first-order valence-electron chi connectivity index (χ1n) is 11.5. The molecule has 5 nitrogen and oxygen atoms in total. The molecule has 1 saturated heterocycles. The van der Waals surface area contributed by atoms with Crippen LogP contribution in [0.1, 0.15) is 38.4 Å². The average Bonchev–Trinajstić information content (AvgIpc) is 3.46. The number of hydrogen-bond donors (Lipinski definition) is 0. The number of rotatable bonds is 7. The molecule has 172 valence electrons. The molecular weight excluding hydrogens is 454 g/mol. The van der Waals surface area contributed by atoms with Gasteiger partial charge in [-0.05, 0) is 44.5 Å². The molecule has 7 heteroatoms. The second kappa shape index (κ2) is 9.75. The predicted octanol–water partition coefficient (Wildman–Crippen LogP) is 6.74. The van der Waals surface area contributed by atoms with Gasteiger partial charge in [-0.2, -0.15) is 0 Å². The van der Waals surface area contributed by atoms with Gasteiger partial charge >= 0.3 is 0 Å². The van der Waals surface area contributed by atoms with Gasteiger partial charge in [0, 0.05) is 41.2 Å². The van der Waals surface area contributed by atoms with E-state index in [0.29, 0.717) is 5.02 Å². The second-order valence-corrected chi connectivity index (χ2v) is 9.72. The molecule has 1 aliphatic rings. The summed E-state index contributed by atoms with van der Waals surface area (Å²) in [4.78, 5) is 7.06. The minimum atomic E-state index is -0.139. The third kappa shape index (κ3) is 4.88. The topological polar surface area (TPSA) is 39.5 Å². The van der Waals surface area contributed by atoms with Crippen LogP contribution in [0.15, 0.2) is 60.2 Å². The number of fused-ring (bicyclic) bond motifs is 1. The van der Waals surface area contributed by atoms with Gasteiger partial charge in [-0.1, -0.05) is 36.7 Å². The third-order valence-corrected chi connectivity index (χ3v) is 7.51. The van der Waals surface area contributed by atoms with Crippen LogP contribution in [0, 0.1) is 0 Å². The number of imidazole rings is 1. The van der Waals surface area contributed by atoms with Crippen molar-refractivity contribution in [3.8, 4) is 16.5 Å². The van der Waals surface area contributed by atoms with Crippen LogP contribution in [0.3, 0.4) is 0 Å². The van der Waals surface area contributed by atoms with Gasteiger partial charge in [0.25, 0.3) is 0 Å². The lowest BCUT2D eigenvalue weighted by molar-refractivity contribution is 0.104. The first-order valence-corrected chi connectivity index (χ1v) is 12.7. The number of likely N-dealkylation sites (tertiary alicyclic amines) is 1. The second-order valence-electron chi connectivity index (χ2n) is 8.42. The van der Waals surface area contributed by atoms with Gasteiger partial charge in [-0.25, -0.2) is 4.98 Å². The minimum Gasteiger partial charge on any atom is -0.490 e. The number of benzene rings is 2. The van der Waals surface area contributed by atoms with E-state index in [2.05, 4.69) is 27.4 Å². The molecule has 5 rings (SSSR count).